The number of amides is 2. The van der Waals surface area contributed by atoms with Crippen molar-refractivity contribution in [3.05, 3.63) is 0 Å². The molecule has 0 aliphatic carbocycles. The van der Waals surface area contributed by atoms with Crippen LogP contribution in [0.15, 0.2) is 0 Å². The number of hydrogen-bond donors (Lipinski definition) is 3. The van der Waals surface area contributed by atoms with Gasteiger partial charge in [0.2, 0.25) is 11.8 Å². The van der Waals surface area contributed by atoms with Crippen LogP contribution in [0.2, 0.25) is 0 Å². The first-order valence-corrected chi connectivity index (χ1v) is 5.73. The third-order valence-corrected chi connectivity index (χ3v) is 2.40. The van der Waals surface area contributed by atoms with Gasteiger partial charge in [-0.1, -0.05) is 19.1 Å². The Kier molecular flexibility index (Phi) is 7.45. The SMILES string of the molecule is CCCNC(=O)CCNC(=O)C(C)C(N)=S. The van der Waals surface area contributed by atoms with Crippen molar-refractivity contribution in [2.24, 2.45) is 11.7 Å². The molecule has 0 aliphatic heterocycles. The number of carbonyl (C=O) groups is 2. The van der Waals surface area contributed by atoms with Gasteiger partial charge in [0.1, 0.15) is 0 Å². The molecule has 0 fully saturated rings. The summed E-state index contributed by atoms with van der Waals surface area (Å²) in [5.74, 6) is -0.797. The molecule has 1 atom stereocenters. The Morgan fingerprint density at radius 1 is 1.31 bits per heavy atom. The number of nitrogens with two attached hydrogens (primary N) is 1. The van der Waals surface area contributed by atoms with E-state index in [4.69, 9.17) is 18.0 Å². The summed E-state index contributed by atoms with van der Waals surface area (Å²) < 4.78 is 0. The molecular formula is C10H19N3O2S. The van der Waals surface area contributed by atoms with Crippen molar-refractivity contribution in [1.82, 2.24) is 10.6 Å². The molecule has 16 heavy (non-hydrogen) atoms. The molecule has 0 aliphatic rings. The highest BCUT2D eigenvalue weighted by Gasteiger charge is 2.14. The van der Waals surface area contributed by atoms with E-state index in [2.05, 4.69) is 10.6 Å². The molecule has 0 bridgehead atoms. The van der Waals surface area contributed by atoms with E-state index in [0.717, 1.165) is 6.42 Å². The van der Waals surface area contributed by atoms with E-state index in [-0.39, 0.29) is 23.2 Å². The van der Waals surface area contributed by atoms with Crippen molar-refractivity contribution >= 4 is 29.0 Å². The minimum Gasteiger partial charge on any atom is -0.393 e. The van der Waals surface area contributed by atoms with Gasteiger partial charge < -0.3 is 16.4 Å². The predicted octanol–water partition coefficient (Wildman–Crippen LogP) is -0.0589. The Hall–Kier alpha value is -1.17. The van der Waals surface area contributed by atoms with Gasteiger partial charge in [0.05, 0.1) is 10.9 Å². The summed E-state index contributed by atoms with van der Waals surface area (Å²) in [4.78, 5) is 22.7. The second kappa shape index (κ2) is 8.04. The zero-order valence-corrected chi connectivity index (χ0v) is 10.5. The maximum atomic E-state index is 11.4. The third kappa shape index (κ3) is 6.34. The van der Waals surface area contributed by atoms with Crippen LogP contribution in [0.3, 0.4) is 0 Å². The van der Waals surface area contributed by atoms with E-state index in [9.17, 15) is 9.59 Å². The minimum atomic E-state index is -0.492. The van der Waals surface area contributed by atoms with Crippen molar-refractivity contribution in [1.29, 1.82) is 0 Å². The van der Waals surface area contributed by atoms with Crippen LogP contribution in [0.5, 0.6) is 0 Å². The van der Waals surface area contributed by atoms with E-state index >= 15 is 0 Å². The molecule has 0 saturated heterocycles. The Morgan fingerprint density at radius 3 is 2.44 bits per heavy atom. The molecule has 4 N–H and O–H groups in total. The van der Waals surface area contributed by atoms with Gasteiger partial charge >= 0.3 is 0 Å². The highest BCUT2D eigenvalue weighted by Crippen LogP contribution is 1.94. The van der Waals surface area contributed by atoms with Crippen LogP contribution in [-0.2, 0) is 9.59 Å². The number of thiocarbonyl (C=S) groups is 1. The monoisotopic (exact) mass is 245 g/mol. The number of hydrogen-bond acceptors (Lipinski definition) is 3. The molecule has 5 nitrogen and oxygen atoms in total. The molecule has 0 rings (SSSR count). The third-order valence-electron chi connectivity index (χ3n) is 2.04. The van der Waals surface area contributed by atoms with Gasteiger partial charge in [-0.3, -0.25) is 9.59 Å². The fourth-order valence-corrected chi connectivity index (χ4v) is 1.04. The van der Waals surface area contributed by atoms with Crippen LogP contribution in [0.4, 0.5) is 0 Å². The number of carbonyl (C=O) groups excluding carboxylic acids is 2. The van der Waals surface area contributed by atoms with E-state index in [1.54, 1.807) is 6.92 Å². The fourth-order valence-electron chi connectivity index (χ4n) is 0.934. The maximum absolute atomic E-state index is 11.4. The molecule has 92 valence electrons. The van der Waals surface area contributed by atoms with Gasteiger partial charge in [-0.05, 0) is 13.3 Å². The van der Waals surface area contributed by atoms with Gasteiger partial charge in [-0.15, -0.1) is 0 Å². The van der Waals surface area contributed by atoms with Crippen LogP contribution in [0.1, 0.15) is 26.7 Å². The van der Waals surface area contributed by atoms with E-state index < -0.39 is 5.92 Å². The Balaban J connectivity index is 3.69. The van der Waals surface area contributed by atoms with Crippen molar-refractivity contribution in [2.45, 2.75) is 26.7 Å². The van der Waals surface area contributed by atoms with Crippen molar-refractivity contribution in [3.8, 4) is 0 Å². The summed E-state index contributed by atoms with van der Waals surface area (Å²) >= 11 is 4.69. The molecule has 0 aromatic rings. The second-order valence-electron chi connectivity index (χ2n) is 3.52. The zero-order chi connectivity index (χ0) is 12.6. The summed E-state index contributed by atoms with van der Waals surface area (Å²) in [6.45, 7) is 4.58. The zero-order valence-electron chi connectivity index (χ0n) is 9.71. The molecular weight excluding hydrogens is 226 g/mol. The largest absolute Gasteiger partial charge is 0.393 e. The lowest BCUT2D eigenvalue weighted by Gasteiger charge is -2.10. The minimum absolute atomic E-state index is 0.0647. The van der Waals surface area contributed by atoms with Gasteiger partial charge in [-0.2, -0.15) is 0 Å². The summed E-state index contributed by atoms with van der Waals surface area (Å²) in [5, 5.41) is 5.32. The number of nitrogens with one attached hydrogen (secondary N) is 2. The Bertz CT molecular complexity index is 269. The summed E-state index contributed by atoms with van der Waals surface area (Å²) in [5.41, 5.74) is 5.33. The van der Waals surface area contributed by atoms with Crippen LogP contribution in [0.25, 0.3) is 0 Å². The van der Waals surface area contributed by atoms with Gasteiger partial charge in [0.25, 0.3) is 0 Å². The maximum Gasteiger partial charge on any atom is 0.229 e. The lowest BCUT2D eigenvalue weighted by molar-refractivity contribution is -0.123. The van der Waals surface area contributed by atoms with E-state index in [0.29, 0.717) is 13.1 Å². The van der Waals surface area contributed by atoms with Gasteiger partial charge in [-0.25, -0.2) is 0 Å². The molecule has 1 unspecified atom stereocenters. The molecule has 0 aromatic heterocycles. The quantitative estimate of drug-likeness (QED) is 0.549. The lowest BCUT2D eigenvalue weighted by atomic mass is 10.1. The fraction of sp³-hybridized carbons (Fsp3) is 0.700. The lowest BCUT2D eigenvalue weighted by Crippen LogP contribution is -2.38. The summed E-state index contributed by atoms with van der Waals surface area (Å²) in [7, 11) is 0. The molecule has 0 heterocycles. The normalized spacial score (nSPS) is 11.6. The van der Waals surface area contributed by atoms with Crippen LogP contribution < -0.4 is 16.4 Å². The second-order valence-corrected chi connectivity index (χ2v) is 3.99. The molecule has 0 aromatic carbocycles. The average molecular weight is 245 g/mol. The predicted molar refractivity (Wildman–Crippen MR) is 66.9 cm³/mol. The number of rotatable bonds is 7. The van der Waals surface area contributed by atoms with Crippen molar-refractivity contribution in [2.75, 3.05) is 13.1 Å². The van der Waals surface area contributed by atoms with Crippen LogP contribution in [-0.4, -0.2) is 29.9 Å². The smallest absolute Gasteiger partial charge is 0.229 e. The topological polar surface area (TPSA) is 84.2 Å². The molecule has 6 heteroatoms. The molecule has 0 saturated carbocycles. The first kappa shape index (κ1) is 14.8. The average Bonchev–Trinajstić information content (AvgIpc) is 2.24. The van der Waals surface area contributed by atoms with E-state index in [1.807, 2.05) is 6.92 Å². The highest BCUT2D eigenvalue weighted by atomic mass is 32.1. The Morgan fingerprint density at radius 2 is 1.94 bits per heavy atom. The Labute approximate surface area is 101 Å². The van der Waals surface area contributed by atoms with E-state index in [1.165, 1.54) is 0 Å². The van der Waals surface area contributed by atoms with Gasteiger partial charge in [0.15, 0.2) is 0 Å². The standard InChI is InChI=1S/C10H19N3O2S/c1-3-5-12-8(14)4-6-13-10(15)7(2)9(11)16/h7H,3-6H2,1-2H3,(H2,11,16)(H,12,14)(H,13,15). The van der Waals surface area contributed by atoms with Gasteiger partial charge in [0, 0.05) is 19.5 Å². The summed E-state index contributed by atoms with van der Waals surface area (Å²) in [6, 6.07) is 0. The molecule has 0 spiro atoms. The first-order valence-electron chi connectivity index (χ1n) is 5.32. The molecule has 0 radical (unpaired) electrons. The van der Waals surface area contributed by atoms with Crippen molar-refractivity contribution in [3.63, 3.8) is 0 Å². The molecule has 2 amide bonds. The highest BCUT2D eigenvalue weighted by molar-refractivity contribution is 7.80. The van der Waals surface area contributed by atoms with Crippen LogP contribution in [0, 0.1) is 5.92 Å². The van der Waals surface area contributed by atoms with Crippen LogP contribution >= 0.6 is 12.2 Å². The first-order chi connectivity index (χ1) is 7.49. The van der Waals surface area contributed by atoms with Crippen molar-refractivity contribution < 1.29 is 9.59 Å². The summed E-state index contributed by atoms with van der Waals surface area (Å²) in [6.07, 6.45) is 1.17.